The Balaban J connectivity index is 2.08. The van der Waals surface area contributed by atoms with E-state index in [1.54, 1.807) is 6.07 Å². The van der Waals surface area contributed by atoms with Gasteiger partial charge in [-0.3, -0.25) is 0 Å². The van der Waals surface area contributed by atoms with Gasteiger partial charge < -0.3 is 5.32 Å². The SMILES string of the molecule is CC(NC1CCSCC1)c1ccc(Cl)c(Cl)c1Cl. The maximum Gasteiger partial charge on any atom is 0.0781 e. The fourth-order valence-corrected chi connectivity index (χ4v) is 4.00. The van der Waals surface area contributed by atoms with Crippen molar-refractivity contribution in [1.82, 2.24) is 5.32 Å². The van der Waals surface area contributed by atoms with Crippen LogP contribution in [-0.4, -0.2) is 17.5 Å². The minimum Gasteiger partial charge on any atom is -0.307 e. The molecule has 1 aliphatic rings. The second-order valence-electron chi connectivity index (χ2n) is 4.54. The summed E-state index contributed by atoms with van der Waals surface area (Å²) in [6.45, 7) is 2.12. The molecule has 1 atom stereocenters. The first-order valence-corrected chi connectivity index (χ1v) is 8.35. The molecule has 1 heterocycles. The Hall–Kier alpha value is 0.400. The van der Waals surface area contributed by atoms with E-state index >= 15 is 0 Å². The molecular formula is C13H16Cl3NS. The summed E-state index contributed by atoms with van der Waals surface area (Å²) in [4.78, 5) is 0. The largest absolute Gasteiger partial charge is 0.307 e. The third-order valence-electron chi connectivity index (χ3n) is 3.24. The summed E-state index contributed by atoms with van der Waals surface area (Å²) < 4.78 is 0. The lowest BCUT2D eigenvalue weighted by atomic mass is 10.1. The first kappa shape index (κ1) is 14.8. The molecule has 1 aromatic carbocycles. The smallest absolute Gasteiger partial charge is 0.0781 e. The van der Waals surface area contributed by atoms with Gasteiger partial charge in [0.15, 0.2) is 0 Å². The predicted octanol–water partition coefficient (Wildman–Crippen LogP) is 5.19. The molecule has 0 aliphatic carbocycles. The molecule has 18 heavy (non-hydrogen) atoms. The molecule has 5 heteroatoms. The molecule has 100 valence electrons. The van der Waals surface area contributed by atoms with Gasteiger partial charge in [-0.2, -0.15) is 11.8 Å². The number of rotatable bonds is 3. The second kappa shape index (κ2) is 6.71. The van der Waals surface area contributed by atoms with Crippen LogP contribution in [0.15, 0.2) is 12.1 Å². The quantitative estimate of drug-likeness (QED) is 0.768. The van der Waals surface area contributed by atoms with E-state index in [1.807, 2.05) is 17.8 Å². The highest BCUT2D eigenvalue weighted by atomic mass is 35.5. The fraction of sp³-hybridized carbons (Fsp3) is 0.538. The van der Waals surface area contributed by atoms with Gasteiger partial charge in [-0.05, 0) is 42.9 Å². The van der Waals surface area contributed by atoms with Crippen molar-refractivity contribution in [2.75, 3.05) is 11.5 Å². The van der Waals surface area contributed by atoms with Crippen molar-refractivity contribution in [2.24, 2.45) is 0 Å². The van der Waals surface area contributed by atoms with Gasteiger partial charge >= 0.3 is 0 Å². The van der Waals surface area contributed by atoms with Gasteiger partial charge in [0.25, 0.3) is 0 Å². The van der Waals surface area contributed by atoms with Crippen molar-refractivity contribution in [3.8, 4) is 0 Å². The van der Waals surface area contributed by atoms with Crippen LogP contribution in [0.4, 0.5) is 0 Å². The lowest BCUT2D eigenvalue weighted by molar-refractivity contribution is 0.431. The van der Waals surface area contributed by atoms with Gasteiger partial charge in [0, 0.05) is 12.1 Å². The summed E-state index contributed by atoms with van der Waals surface area (Å²) in [5.41, 5.74) is 1.02. The number of nitrogens with one attached hydrogen (secondary N) is 1. The van der Waals surface area contributed by atoms with Crippen molar-refractivity contribution >= 4 is 46.6 Å². The summed E-state index contributed by atoms with van der Waals surface area (Å²) >= 11 is 20.3. The minimum absolute atomic E-state index is 0.195. The molecule has 1 unspecified atom stereocenters. The highest BCUT2D eigenvalue weighted by molar-refractivity contribution is 7.99. The maximum atomic E-state index is 6.25. The molecule has 0 amide bonds. The van der Waals surface area contributed by atoms with E-state index in [2.05, 4.69) is 12.2 Å². The summed E-state index contributed by atoms with van der Waals surface area (Å²) in [5, 5.41) is 5.14. The maximum absolute atomic E-state index is 6.25. The molecule has 2 rings (SSSR count). The molecule has 0 radical (unpaired) electrons. The normalized spacial score (nSPS) is 18.9. The van der Waals surface area contributed by atoms with Crippen molar-refractivity contribution in [3.05, 3.63) is 32.8 Å². The standard InChI is InChI=1S/C13H16Cl3NS/c1-8(17-9-4-6-18-7-5-9)10-2-3-11(14)13(16)12(10)15/h2-3,8-9,17H,4-7H2,1H3. The molecule has 1 fully saturated rings. The van der Waals surface area contributed by atoms with Crippen LogP contribution < -0.4 is 5.32 Å². The van der Waals surface area contributed by atoms with E-state index in [0.29, 0.717) is 21.1 Å². The highest BCUT2D eigenvalue weighted by Gasteiger charge is 2.19. The number of hydrogen-bond donors (Lipinski definition) is 1. The van der Waals surface area contributed by atoms with E-state index in [4.69, 9.17) is 34.8 Å². The average Bonchev–Trinajstić information content (AvgIpc) is 2.37. The zero-order valence-corrected chi connectivity index (χ0v) is 13.3. The van der Waals surface area contributed by atoms with Crippen molar-refractivity contribution in [3.63, 3.8) is 0 Å². The van der Waals surface area contributed by atoms with E-state index in [0.717, 1.165) is 5.56 Å². The third kappa shape index (κ3) is 3.49. The van der Waals surface area contributed by atoms with Gasteiger partial charge in [0.2, 0.25) is 0 Å². The second-order valence-corrected chi connectivity index (χ2v) is 6.93. The van der Waals surface area contributed by atoms with Crippen LogP contribution in [0.2, 0.25) is 15.1 Å². The van der Waals surface area contributed by atoms with Crippen molar-refractivity contribution in [1.29, 1.82) is 0 Å². The highest BCUT2D eigenvalue weighted by Crippen LogP contribution is 2.35. The monoisotopic (exact) mass is 323 g/mol. The summed E-state index contributed by atoms with van der Waals surface area (Å²) in [5.74, 6) is 2.47. The third-order valence-corrected chi connectivity index (χ3v) is 5.60. The molecule has 1 nitrogen and oxygen atoms in total. The van der Waals surface area contributed by atoms with Crippen LogP contribution in [0.1, 0.15) is 31.4 Å². The predicted molar refractivity (Wildman–Crippen MR) is 83.4 cm³/mol. The van der Waals surface area contributed by atoms with Gasteiger partial charge in [-0.15, -0.1) is 0 Å². The Kier molecular flexibility index (Phi) is 5.52. The van der Waals surface area contributed by atoms with Crippen LogP contribution in [0.5, 0.6) is 0 Å². The molecule has 1 aliphatic heterocycles. The average molecular weight is 325 g/mol. The molecule has 0 bridgehead atoms. The molecule has 0 spiro atoms. The van der Waals surface area contributed by atoms with Crippen LogP contribution in [0, 0.1) is 0 Å². The number of halogens is 3. The zero-order chi connectivity index (χ0) is 13.1. The number of hydrogen-bond acceptors (Lipinski definition) is 2. The molecule has 1 aromatic rings. The fourth-order valence-electron chi connectivity index (χ4n) is 2.18. The van der Waals surface area contributed by atoms with Crippen molar-refractivity contribution in [2.45, 2.75) is 31.8 Å². The summed E-state index contributed by atoms with van der Waals surface area (Å²) in [7, 11) is 0. The topological polar surface area (TPSA) is 12.0 Å². The Morgan fingerprint density at radius 2 is 1.83 bits per heavy atom. The molecular weight excluding hydrogens is 309 g/mol. The lowest BCUT2D eigenvalue weighted by Crippen LogP contribution is -2.34. The molecule has 1 N–H and O–H groups in total. The van der Waals surface area contributed by atoms with E-state index in [9.17, 15) is 0 Å². The minimum atomic E-state index is 0.195. The van der Waals surface area contributed by atoms with Gasteiger partial charge in [-0.1, -0.05) is 40.9 Å². The Bertz CT molecular complexity index is 419. The van der Waals surface area contributed by atoms with E-state index in [1.165, 1.54) is 24.3 Å². The Morgan fingerprint density at radius 3 is 2.50 bits per heavy atom. The first-order valence-electron chi connectivity index (χ1n) is 6.06. The zero-order valence-electron chi connectivity index (χ0n) is 10.2. The van der Waals surface area contributed by atoms with E-state index < -0.39 is 0 Å². The Labute approximate surface area is 128 Å². The van der Waals surface area contributed by atoms with Gasteiger partial charge in [0.05, 0.1) is 15.1 Å². The van der Waals surface area contributed by atoms with Gasteiger partial charge in [0.1, 0.15) is 0 Å². The van der Waals surface area contributed by atoms with Crippen LogP contribution in [0.3, 0.4) is 0 Å². The van der Waals surface area contributed by atoms with Crippen LogP contribution in [0.25, 0.3) is 0 Å². The molecule has 0 saturated carbocycles. The summed E-state index contributed by atoms with van der Waals surface area (Å²) in [6.07, 6.45) is 2.43. The van der Waals surface area contributed by atoms with Crippen molar-refractivity contribution < 1.29 is 0 Å². The number of thioether (sulfide) groups is 1. The van der Waals surface area contributed by atoms with Crippen LogP contribution in [-0.2, 0) is 0 Å². The summed E-state index contributed by atoms with van der Waals surface area (Å²) in [6, 6.07) is 4.53. The number of benzene rings is 1. The van der Waals surface area contributed by atoms with Crippen LogP contribution >= 0.6 is 46.6 Å². The van der Waals surface area contributed by atoms with Gasteiger partial charge in [-0.25, -0.2) is 0 Å². The lowest BCUT2D eigenvalue weighted by Gasteiger charge is -2.27. The molecule has 0 aromatic heterocycles. The van der Waals surface area contributed by atoms with E-state index in [-0.39, 0.29) is 6.04 Å². The first-order chi connectivity index (χ1) is 8.59. The Morgan fingerprint density at radius 1 is 1.17 bits per heavy atom. The molecule has 1 saturated heterocycles.